The predicted molar refractivity (Wildman–Crippen MR) is 115 cm³/mol. The van der Waals surface area contributed by atoms with Crippen molar-refractivity contribution in [3.63, 3.8) is 0 Å². The van der Waals surface area contributed by atoms with E-state index in [1.165, 1.54) is 12.1 Å². The third kappa shape index (κ3) is 3.71. The van der Waals surface area contributed by atoms with Crippen molar-refractivity contribution in [3.05, 3.63) is 59.3 Å². The molecule has 8 heteroatoms. The molecule has 1 aromatic heterocycles. The van der Waals surface area contributed by atoms with Crippen molar-refractivity contribution in [2.75, 3.05) is 24.5 Å². The van der Waals surface area contributed by atoms with Crippen molar-refractivity contribution in [3.8, 4) is 6.07 Å². The van der Waals surface area contributed by atoms with E-state index >= 15 is 0 Å². The lowest BCUT2D eigenvalue weighted by atomic mass is 10.0. The number of nitrogens with zero attached hydrogens (tertiary/aromatic N) is 4. The number of amides is 1. The third-order valence-corrected chi connectivity index (χ3v) is 7.13. The molecule has 1 aliphatic carbocycles. The summed E-state index contributed by atoms with van der Waals surface area (Å²) in [6.07, 6.45) is 4.08. The van der Waals surface area contributed by atoms with Crippen molar-refractivity contribution < 1.29 is 13.6 Å². The van der Waals surface area contributed by atoms with Crippen molar-refractivity contribution in [2.45, 2.75) is 43.8 Å². The molecule has 2 aromatic rings. The first-order valence-corrected chi connectivity index (χ1v) is 11.0. The third-order valence-electron chi connectivity index (χ3n) is 7.13. The highest BCUT2D eigenvalue weighted by molar-refractivity contribution is 5.79. The summed E-state index contributed by atoms with van der Waals surface area (Å²) in [6.45, 7) is 3.57. The van der Waals surface area contributed by atoms with E-state index in [-0.39, 0.29) is 24.5 Å². The van der Waals surface area contributed by atoms with Gasteiger partial charge in [0.2, 0.25) is 5.91 Å². The molecule has 1 amide bonds. The summed E-state index contributed by atoms with van der Waals surface area (Å²) in [5.41, 5.74) is 0.577. The van der Waals surface area contributed by atoms with Crippen LogP contribution in [0.1, 0.15) is 37.3 Å². The van der Waals surface area contributed by atoms with Gasteiger partial charge in [-0.3, -0.25) is 10.1 Å². The molecule has 32 heavy (non-hydrogen) atoms. The van der Waals surface area contributed by atoms with Crippen molar-refractivity contribution in [1.29, 1.82) is 5.26 Å². The Kier molecular flexibility index (Phi) is 5.09. The van der Waals surface area contributed by atoms with Crippen LogP contribution in [-0.4, -0.2) is 47.5 Å². The second-order valence-corrected chi connectivity index (χ2v) is 9.25. The van der Waals surface area contributed by atoms with Crippen LogP contribution in [-0.2, 0) is 10.3 Å². The van der Waals surface area contributed by atoms with Crippen molar-refractivity contribution >= 4 is 11.7 Å². The first-order valence-electron chi connectivity index (χ1n) is 11.0. The summed E-state index contributed by atoms with van der Waals surface area (Å²) in [7, 11) is 0. The van der Waals surface area contributed by atoms with Gasteiger partial charge in [-0.1, -0.05) is 6.92 Å². The van der Waals surface area contributed by atoms with E-state index in [0.29, 0.717) is 30.1 Å². The Morgan fingerprint density at radius 1 is 1.25 bits per heavy atom. The summed E-state index contributed by atoms with van der Waals surface area (Å²) in [5, 5.41) is 12.3. The molecule has 2 aliphatic heterocycles. The average molecular weight is 437 g/mol. The van der Waals surface area contributed by atoms with Crippen LogP contribution in [0.2, 0.25) is 0 Å². The summed E-state index contributed by atoms with van der Waals surface area (Å²) in [5.74, 6) is 0.0755. The molecule has 1 N–H and O–H groups in total. The van der Waals surface area contributed by atoms with Crippen LogP contribution in [0.4, 0.5) is 14.6 Å². The molecule has 1 saturated carbocycles. The Morgan fingerprint density at radius 3 is 2.59 bits per heavy atom. The van der Waals surface area contributed by atoms with E-state index in [2.05, 4.69) is 28.2 Å². The van der Waals surface area contributed by atoms with Crippen LogP contribution in [0.15, 0.2) is 36.5 Å². The Bertz CT molecular complexity index is 1060. The van der Waals surface area contributed by atoms with E-state index in [4.69, 9.17) is 5.26 Å². The van der Waals surface area contributed by atoms with Gasteiger partial charge in [0, 0.05) is 36.9 Å². The normalized spacial score (nSPS) is 25.5. The van der Waals surface area contributed by atoms with Gasteiger partial charge in [-0.05, 0) is 55.0 Å². The summed E-state index contributed by atoms with van der Waals surface area (Å²) >= 11 is 0. The molecular weight excluding hydrogens is 412 g/mol. The zero-order chi connectivity index (χ0) is 22.5. The fourth-order valence-electron chi connectivity index (χ4n) is 5.27. The minimum absolute atomic E-state index is 0.00434. The van der Waals surface area contributed by atoms with E-state index < -0.39 is 17.2 Å². The molecule has 166 valence electrons. The van der Waals surface area contributed by atoms with E-state index in [9.17, 15) is 13.6 Å². The van der Waals surface area contributed by atoms with Gasteiger partial charge in [0.1, 0.15) is 23.5 Å². The lowest BCUT2D eigenvalue weighted by Crippen LogP contribution is -2.58. The van der Waals surface area contributed by atoms with Crippen molar-refractivity contribution in [1.82, 2.24) is 15.2 Å². The molecule has 6 nitrogen and oxygen atoms in total. The molecule has 2 bridgehead atoms. The fourth-order valence-corrected chi connectivity index (χ4v) is 5.27. The number of hydrogen-bond acceptors (Lipinski definition) is 5. The molecule has 0 spiro atoms. The number of pyridine rings is 1. The predicted octanol–water partition coefficient (Wildman–Crippen LogP) is 2.94. The molecule has 3 heterocycles. The van der Waals surface area contributed by atoms with Crippen LogP contribution >= 0.6 is 0 Å². The molecule has 0 radical (unpaired) electrons. The van der Waals surface area contributed by atoms with Gasteiger partial charge in [-0.25, -0.2) is 13.8 Å². The van der Waals surface area contributed by atoms with Gasteiger partial charge >= 0.3 is 0 Å². The lowest BCUT2D eigenvalue weighted by molar-refractivity contribution is -0.131. The van der Waals surface area contributed by atoms with Crippen LogP contribution in [0.25, 0.3) is 0 Å². The molecule has 1 aromatic carbocycles. The number of aromatic nitrogens is 1. The molecule has 2 unspecified atom stereocenters. The van der Waals surface area contributed by atoms with Crippen LogP contribution < -0.4 is 10.2 Å². The van der Waals surface area contributed by atoms with Crippen molar-refractivity contribution in [2.24, 2.45) is 5.92 Å². The van der Waals surface area contributed by atoms with Gasteiger partial charge in [-0.15, -0.1) is 0 Å². The Morgan fingerprint density at radius 2 is 2.00 bits per heavy atom. The standard InChI is InChI=1S/C24H25F2N5O/c1-15-6-20-13-30(14-21(15)31(20)22-3-2-16(10-27)11-28-22)23(32)12-29-24(4-5-24)17-7-18(25)9-19(26)8-17/h2-3,7-9,11,15,20-21,29H,4-6,12-14H2,1H3/t15-,20?,21?/m0/s1. The molecular formula is C24H25F2N5O. The fraction of sp³-hybridized carbons (Fsp3) is 0.458. The highest BCUT2D eigenvalue weighted by Gasteiger charge is 2.47. The number of halogens is 2. The minimum Gasteiger partial charge on any atom is -0.347 e. The number of carbonyl (C=O) groups is 1. The number of nitrogens with one attached hydrogen (secondary N) is 1. The van der Waals surface area contributed by atoms with Gasteiger partial charge in [-0.2, -0.15) is 5.26 Å². The summed E-state index contributed by atoms with van der Waals surface area (Å²) < 4.78 is 27.3. The summed E-state index contributed by atoms with van der Waals surface area (Å²) in [4.78, 5) is 21.7. The Hall–Kier alpha value is -3.05. The maximum Gasteiger partial charge on any atom is 0.236 e. The number of anilines is 1. The molecule has 3 fully saturated rings. The number of fused-ring (bicyclic) bond motifs is 2. The second-order valence-electron chi connectivity index (χ2n) is 9.25. The monoisotopic (exact) mass is 437 g/mol. The lowest BCUT2D eigenvalue weighted by Gasteiger charge is -2.42. The van der Waals surface area contributed by atoms with Gasteiger partial charge in [0.05, 0.1) is 18.2 Å². The zero-order valence-corrected chi connectivity index (χ0v) is 17.9. The first-order chi connectivity index (χ1) is 15.4. The van der Waals surface area contributed by atoms with Crippen LogP contribution in [0, 0.1) is 28.9 Å². The number of benzene rings is 1. The number of carbonyl (C=O) groups excluding carboxylic acids is 1. The topological polar surface area (TPSA) is 72.3 Å². The number of likely N-dealkylation sites (tertiary alicyclic amines) is 1. The van der Waals surface area contributed by atoms with E-state index in [1.54, 1.807) is 12.3 Å². The average Bonchev–Trinajstić information content (AvgIpc) is 3.54. The molecule has 5 rings (SSSR count). The number of rotatable bonds is 5. The van der Waals surface area contributed by atoms with Crippen LogP contribution in [0.5, 0.6) is 0 Å². The quantitative estimate of drug-likeness (QED) is 0.779. The second kappa shape index (κ2) is 7.82. The smallest absolute Gasteiger partial charge is 0.236 e. The molecule has 3 atom stereocenters. The minimum atomic E-state index is -0.600. The number of piperazine rings is 1. The number of hydrogen-bond donors (Lipinski definition) is 1. The van der Waals surface area contributed by atoms with E-state index in [1.807, 2.05) is 11.0 Å². The molecule has 2 saturated heterocycles. The van der Waals surface area contributed by atoms with Gasteiger partial charge in [0.15, 0.2) is 0 Å². The SMILES string of the molecule is C[C@H]1CC2CN(C(=O)CNC3(c4cc(F)cc(F)c4)CC3)CC1N2c1ccc(C#N)cn1. The Balaban J connectivity index is 1.25. The Labute approximate surface area is 185 Å². The first kappa shape index (κ1) is 20.8. The molecule has 3 aliphatic rings. The highest BCUT2D eigenvalue weighted by Crippen LogP contribution is 2.46. The maximum absolute atomic E-state index is 13.7. The van der Waals surface area contributed by atoms with Crippen LogP contribution in [0.3, 0.4) is 0 Å². The maximum atomic E-state index is 13.7. The largest absolute Gasteiger partial charge is 0.347 e. The zero-order valence-electron chi connectivity index (χ0n) is 17.9. The highest BCUT2D eigenvalue weighted by atomic mass is 19.1. The number of nitriles is 1. The van der Waals surface area contributed by atoms with Gasteiger partial charge < -0.3 is 9.80 Å². The van der Waals surface area contributed by atoms with E-state index in [0.717, 1.165) is 31.1 Å². The summed E-state index contributed by atoms with van der Waals surface area (Å²) in [6, 6.07) is 9.66. The van der Waals surface area contributed by atoms with Gasteiger partial charge in [0.25, 0.3) is 0 Å².